The van der Waals surface area contributed by atoms with Crippen molar-refractivity contribution in [1.29, 1.82) is 15.8 Å². The van der Waals surface area contributed by atoms with Gasteiger partial charge in [-0.15, -0.1) is 0 Å². The standard InChI is InChI=1S/C20H17BrFN5/c1-2-27-6-5-16-15(9-27)18(13-7-12(21)3-4-17(13)22)14(8-23)19(26)20(16,10-24)11-25/h3-5,7,15,18H,2,6,9,26H2,1H3/t15-,18+/m1/s1. The van der Waals surface area contributed by atoms with Gasteiger partial charge in [0.05, 0.1) is 29.5 Å². The van der Waals surface area contributed by atoms with Gasteiger partial charge in [-0.05, 0) is 35.9 Å². The molecule has 0 fully saturated rings. The smallest absolute Gasteiger partial charge is 0.204 e. The molecular weight excluding hydrogens is 409 g/mol. The maximum atomic E-state index is 14.7. The molecule has 136 valence electrons. The molecule has 0 unspecified atom stereocenters. The number of allylic oxidation sites excluding steroid dienone is 2. The van der Waals surface area contributed by atoms with E-state index in [9.17, 15) is 20.2 Å². The Morgan fingerprint density at radius 1 is 1.33 bits per heavy atom. The normalized spacial score (nSPS) is 24.2. The van der Waals surface area contributed by atoms with Crippen molar-refractivity contribution in [3.8, 4) is 18.2 Å². The highest BCUT2D eigenvalue weighted by atomic mass is 79.9. The van der Waals surface area contributed by atoms with Crippen LogP contribution in [0.2, 0.25) is 0 Å². The molecule has 2 N–H and O–H groups in total. The molecule has 0 bridgehead atoms. The van der Waals surface area contributed by atoms with Crippen molar-refractivity contribution < 1.29 is 4.39 Å². The van der Waals surface area contributed by atoms with E-state index in [1.54, 1.807) is 12.1 Å². The highest BCUT2D eigenvalue weighted by Crippen LogP contribution is 2.53. The van der Waals surface area contributed by atoms with Gasteiger partial charge in [0.1, 0.15) is 5.82 Å². The van der Waals surface area contributed by atoms with E-state index in [-0.39, 0.29) is 17.2 Å². The van der Waals surface area contributed by atoms with Crippen molar-refractivity contribution in [3.05, 3.63) is 57.0 Å². The van der Waals surface area contributed by atoms with Crippen LogP contribution in [0.5, 0.6) is 0 Å². The monoisotopic (exact) mass is 425 g/mol. The van der Waals surface area contributed by atoms with Crippen LogP contribution in [0.4, 0.5) is 4.39 Å². The molecule has 3 rings (SSSR count). The van der Waals surface area contributed by atoms with Crippen LogP contribution in [0.15, 0.2) is 45.6 Å². The first-order valence-electron chi connectivity index (χ1n) is 8.54. The number of hydrogen-bond donors (Lipinski definition) is 1. The highest BCUT2D eigenvalue weighted by molar-refractivity contribution is 9.10. The van der Waals surface area contributed by atoms with Gasteiger partial charge in [0.15, 0.2) is 0 Å². The van der Waals surface area contributed by atoms with Gasteiger partial charge >= 0.3 is 0 Å². The van der Waals surface area contributed by atoms with E-state index < -0.39 is 17.2 Å². The molecule has 1 heterocycles. The van der Waals surface area contributed by atoms with Crippen molar-refractivity contribution in [2.45, 2.75) is 12.8 Å². The summed E-state index contributed by atoms with van der Waals surface area (Å²) in [5, 5.41) is 29.4. The van der Waals surface area contributed by atoms with Crippen molar-refractivity contribution in [2.75, 3.05) is 19.6 Å². The molecule has 7 heteroatoms. The molecule has 1 aliphatic heterocycles. The maximum absolute atomic E-state index is 14.7. The van der Waals surface area contributed by atoms with E-state index in [1.165, 1.54) is 6.07 Å². The molecule has 1 aromatic carbocycles. The molecule has 2 aliphatic rings. The summed E-state index contributed by atoms with van der Waals surface area (Å²) >= 11 is 3.36. The van der Waals surface area contributed by atoms with E-state index in [2.05, 4.69) is 26.9 Å². The molecule has 0 amide bonds. The van der Waals surface area contributed by atoms with Crippen LogP contribution in [0.25, 0.3) is 0 Å². The SMILES string of the molecule is CCN1CC=C2[C@@H](C1)[C@@H](c1cc(Br)ccc1F)C(C#N)=C(N)C2(C#N)C#N. The lowest BCUT2D eigenvalue weighted by atomic mass is 9.60. The third-order valence-electron chi connectivity index (χ3n) is 5.46. The zero-order valence-corrected chi connectivity index (χ0v) is 16.3. The van der Waals surface area contributed by atoms with Crippen molar-refractivity contribution >= 4 is 15.9 Å². The number of nitrogens with zero attached hydrogens (tertiary/aromatic N) is 4. The molecule has 0 saturated carbocycles. The topological polar surface area (TPSA) is 101 Å². The Balaban J connectivity index is 2.34. The Bertz CT molecular complexity index is 962. The second-order valence-corrected chi connectivity index (χ2v) is 7.59. The average Bonchev–Trinajstić information content (AvgIpc) is 2.69. The number of rotatable bonds is 2. The summed E-state index contributed by atoms with van der Waals surface area (Å²) in [5.74, 6) is -1.48. The van der Waals surface area contributed by atoms with E-state index in [4.69, 9.17) is 5.73 Å². The Morgan fingerprint density at radius 3 is 2.63 bits per heavy atom. The fourth-order valence-corrected chi connectivity index (χ4v) is 4.44. The van der Waals surface area contributed by atoms with Crippen LogP contribution in [0.1, 0.15) is 18.4 Å². The minimum Gasteiger partial charge on any atom is -0.399 e. The number of likely N-dealkylation sites (N-methyl/N-ethyl adjacent to an activating group) is 1. The van der Waals surface area contributed by atoms with E-state index in [0.29, 0.717) is 28.7 Å². The van der Waals surface area contributed by atoms with Gasteiger partial charge in [-0.2, -0.15) is 15.8 Å². The Kier molecular flexibility index (Phi) is 5.07. The molecule has 0 spiro atoms. The van der Waals surface area contributed by atoms with Crippen LogP contribution in [0, 0.1) is 51.1 Å². The lowest BCUT2D eigenvalue weighted by Gasteiger charge is -2.45. The number of fused-ring (bicyclic) bond motifs is 1. The number of nitrogens with two attached hydrogens (primary N) is 1. The molecule has 5 nitrogen and oxygen atoms in total. The van der Waals surface area contributed by atoms with E-state index >= 15 is 0 Å². The van der Waals surface area contributed by atoms with Crippen molar-refractivity contribution in [2.24, 2.45) is 17.1 Å². The zero-order valence-electron chi connectivity index (χ0n) is 14.7. The lowest BCUT2D eigenvalue weighted by Crippen LogP contribution is -2.47. The number of nitriles is 3. The maximum Gasteiger partial charge on any atom is 0.204 e. The van der Waals surface area contributed by atoms with Gasteiger partial charge in [-0.3, -0.25) is 4.90 Å². The number of halogens is 2. The van der Waals surface area contributed by atoms with Crippen LogP contribution in [-0.2, 0) is 0 Å². The van der Waals surface area contributed by atoms with Crippen LogP contribution in [-0.4, -0.2) is 24.5 Å². The molecule has 1 aromatic rings. The Morgan fingerprint density at radius 2 is 2.04 bits per heavy atom. The van der Waals surface area contributed by atoms with Gasteiger partial charge in [0.2, 0.25) is 5.41 Å². The third kappa shape index (κ3) is 2.82. The van der Waals surface area contributed by atoms with Gasteiger partial charge < -0.3 is 5.73 Å². The summed E-state index contributed by atoms with van der Waals surface area (Å²) in [6.45, 7) is 3.87. The first-order chi connectivity index (χ1) is 12.9. The number of hydrogen-bond acceptors (Lipinski definition) is 5. The van der Waals surface area contributed by atoms with Gasteiger partial charge in [0, 0.05) is 29.4 Å². The Hall–Kier alpha value is -2.66. The summed E-state index contributed by atoms with van der Waals surface area (Å²) in [7, 11) is 0. The molecule has 1 aliphatic carbocycles. The summed E-state index contributed by atoms with van der Waals surface area (Å²) in [6.07, 6.45) is 1.84. The molecule has 0 radical (unpaired) electrons. The minimum atomic E-state index is -1.69. The summed E-state index contributed by atoms with van der Waals surface area (Å²) in [4.78, 5) is 2.13. The van der Waals surface area contributed by atoms with Crippen molar-refractivity contribution in [1.82, 2.24) is 4.90 Å². The van der Waals surface area contributed by atoms with E-state index in [0.717, 1.165) is 6.54 Å². The highest BCUT2D eigenvalue weighted by Gasteiger charge is 2.52. The fourth-order valence-electron chi connectivity index (χ4n) is 4.06. The lowest BCUT2D eigenvalue weighted by molar-refractivity contribution is 0.233. The third-order valence-corrected chi connectivity index (χ3v) is 5.95. The molecule has 0 saturated heterocycles. The van der Waals surface area contributed by atoms with Crippen LogP contribution >= 0.6 is 15.9 Å². The zero-order chi connectivity index (χ0) is 19.8. The summed E-state index contributed by atoms with van der Waals surface area (Å²) in [5.41, 5.74) is 5.42. The summed E-state index contributed by atoms with van der Waals surface area (Å²) < 4.78 is 15.4. The van der Waals surface area contributed by atoms with Gasteiger partial charge in [0.25, 0.3) is 0 Å². The second-order valence-electron chi connectivity index (χ2n) is 6.67. The predicted octanol–water partition coefficient (Wildman–Crippen LogP) is 3.33. The fraction of sp³-hybridized carbons (Fsp3) is 0.350. The van der Waals surface area contributed by atoms with Crippen LogP contribution < -0.4 is 5.73 Å². The Labute approximate surface area is 165 Å². The molecular formula is C20H17BrFN5. The van der Waals surface area contributed by atoms with E-state index in [1.807, 2.05) is 25.1 Å². The first kappa shape index (κ1) is 19.1. The molecule has 27 heavy (non-hydrogen) atoms. The van der Waals surface area contributed by atoms with Gasteiger partial charge in [-0.25, -0.2) is 4.39 Å². The molecule has 2 atom stereocenters. The second kappa shape index (κ2) is 7.16. The minimum absolute atomic E-state index is 0.0909. The van der Waals surface area contributed by atoms with Crippen LogP contribution in [0.3, 0.4) is 0 Å². The first-order valence-corrected chi connectivity index (χ1v) is 9.33. The average molecular weight is 426 g/mol. The quantitative estimate of drug-likeness (QED) is 0.732. The van der Waals surface area contributed by atoms with Gasteiger partial charge in [-0.1, -0.05) is 28.9 Å². The van der Waals surface area contributed by atoms with Crippen molar-refractivity contribution in [3.63, 3.8) is 0 Å². The number of benzene rings is 1. The molecule has 0 aromatic heterocycles. The summed E-state index contributed by atoms with van der Waals surface area (Å²) in [6, 6.07) is 10.7. The largest absolute Gasteiger partial charge is 0.399 e. The predicted molar refractivity (Wildman–Crippen MR) is 101 cm³/mol.